The van der Waals surface area contributed by atoms with E-state index in [1.165, 1.54) is 6.08 Å². The van der Waals surface area contributed by atoms with Gasteiger partial charge in [0.2, 0.25) is 5.91 Å². The van der Waals surface area contributed by atoms with Crippen molar-refractivity contribution in [3.8, 4) is 5.75 Å². The molecule has 31 heavy (non-hydrogen) atoms. The predicted molar refractivity (Wildman–Crippen MR) is 124 cm³/mol. The van der Waals surface area contributed by atoms with Gasteiger partial charge in [-0.25, -0.2) is 0 Å². The van der Waals surface area contributed by atoms with E-state index in [2.05, 4.69) is 10.6 Å². The average Bonchev–Trinajstić information content (AvgIpc) is 2.79. The Hall–Kier alpha value is -3.23. The highest BCUT2D eigenvalue weighted by Crippen LogP contribution is 2.14. The van der Waals surface area contributed by atoms with E-state index in [1.54, 1.807) is 35.2 Å². The molecule has 0 aliphatic carbocycles. The van der Waals surface area contributed by atoms with Crippen LogP contribution in [0, 0.1) is 0 Å². The molecule has 1 aliphatic rings. The summed E-state index contributed by atoms with van der Waals surface area (Å²) in [6.45, 7) is 4.85. The first-order valence-electron chi connectivity index (χ1n) is 10.0. The Labute approximate surface area is 187 Å². The third-order valence-electron chi connectivity index (χ3n) is 4.54. The van der Waals surface area contributed by atoms with Crippen molar-refractivity contribution in [2.45, 2.75) is 6.92 Å². The predicted octanol–water partition coefficient (Wildman–Crippen LogP) is 3.08. The van der Waals surface area contributed by atoms with E-state index in [4.69, 9.17) is 21.7 Å². The minimum absolute atomic E-state index is 0.0230. The lowest BCUT2D eigenvalue weighted by molar-refractivity contribution is -0.115. The van der Waals surface area contributed by atoms with Gasteiger partial charge in [-0.3, -0.25) is 14.9 Å². The molecule has 0 radical (unpaired) electrons. The zero-order valence-corrected chi connectivity index (χ0v) is 18.1. The van der Waals surface area contributed by atoms with E-state index in [1.807, 2.05) is 31.2 Å². The highest BCUT2D eigenvalue weighted by atomic mass is 32.1. The molecule has 3 rings (SSSR count). The van der Waals surface area contributed by atoms with Crippen LogP contribution >= 0.6 is 12.2 Å². The second-order valence-electron chi connectivity index (χ2n) is 6.76. The molecule has 0 saturated carbocycles. The molecule has 0 bridgehead atoms. The largest absolute Gasteiger partial charge is 0.494 e. The van der Waals surface area contributed by atoms with Gasteiger partial charge in [0.1, 0.15) is 5.75 Å². The Morgan fingerprint density at radius 3 is 2.42 bits per heavy atom. The maximum Gasteiger partial charge on any atom is 0.254 e. The number of amides is 2. The Kier molecular flexibility index (Phi) is 8.14. The highest BCUT2D eigenvalue weighted by molar-refractivity contribution is 7.80. The van der Waals surface area contributed by atoms with Crippen LogP contribution in [0.5, 0.6) is 5.75 Å². The summed E-state index contributed by atoms with van der Waals surface area (Å²) >= 11 is 5.19. The van der Waals surface area contributed by atoms with Crippen LogP contribution in [0.25, 0.3) is 6.08 Å². The lowest BCUT2D eigenvalue weighted by Crippen LogP contribution is -2.40. The van der Waals surface area contributed by atoms with E-state index < -0.39 is 0 Å². The van der Waals surface area contributed by atoms with Gasteiger partial charge in [0.05, 0.1) is 19.8 Å². The van der Waals surface area contributed by atoms with Crippen LogP contribution in [0.3, 0.4) is 0 Å². The van der Waals surface area contributed by atoms with Gasteiger partial charge in [-0.1, -0.05) is 12.1 Å². The van der Waals surface area contributed by atoms with Gasteiger partial charge in [-0.2, -0.15) is 0 Å². The van der Waals surface area contributed by atoms with Gasteiger partial charge in [-0.05, 0) is 67.2 Å². The number of morpholine rings is 1. The molecule has 8 heteroatoms. The Morgan fingerprint density at radius 1 is 1.10 bits per heavy atom. The number of anilines is 1. The molecule has 162 valence electrons. The van der Waals surface area contributed by atoms with Gasteiger partial charge < -0.3 is 19.7 Å². The maximum atomic E-state index is 12.5. The fourth-order valence-corrected chi connectivity index (χ4v) is 3.19. The van der Waals surface area contributed by atoms with E-state index in [-0.39, 0.29) is 16.9 Å². The second-order valence-corrected chi connectivity index (χ2v) is 7.17. The molecule has 1 fully saturated rings. The first kappa shape index (κ1) is 22.5. The lowest BCUT2D eigenvalue weighted by Gasteiger charge is -2.26. The molecule has 2 aromatic carbocycles. The Morgan fingerprint density at radius 2 is 1.77 bits per heavy atom. The molecule has 0 spiro atoms. The molecule has 0 atom stereocenters. The summed E-state index contributed by atoms with van der Waals surface area (Å²) in [4.78, 5) is 26.3. The average molecular weight is 440 g/mol. The van der Waals surface area contributed by atoms with Crippen LogP contribution in [0.4, 0.5) is 5.69 Å². The van der Waals surface area contributed by atoms with Crippen LogP contribution in [0.15, 0.2) is 54.6 Å². The molecule has 7 nitrogen and oxygen atoms in total. The molecule has 1 aliphatic heterocycles. The van der Waals surface area contributed by atoms with E-state index in [0.717, 1.165) is 11.3 Å². The van der Waals surface area contributed by atoms with Crippen molar-refractivity contribution in [2.24, 2.45) is 0 Å². The monoisotopic (exact) mass is 439 g/mol. The van der Waals surface area contributed by atoms with Gasteiger partial charge in [0.15, 0.2) is 5.11 Å². The zero-order chi connectivity index (χ0) is 22.1. The number of nitrogens with zero attached hydrogens (tertiary/aromatic N) is 1. The third kappa shape index (κ3) is 6.91. The first-order valence-corrected chi connectivity index (χ1v) is 10.5. The summed E-state index contributed by atoms with van der Waals surface area (Å²) in [6, 6.07) is 14.4. The first-order chi connectivity index (χ1) is 15.0. The topological polar surface area (TPSA) is 79.9 Å². The minimum Gasteiger partial charge on any atom is -0.494 e. The minimum atomic E-state index is -0.342. The molecular formula is C23H25N3O4S. The lowest BCUT2D eigenvalue weighted by atomic mass is 10.1. The van der Waals surface area contributed by atoms with Crippen LogP contribution in [0.1, 0.15) is 22.8 Å². The quantitative estimate of drug-likeness (QED) is 0.532. The van der Waals surface area contributed by atoms with Crippen molar-refractivity contribution in [3.05, 3.63) is 65.7 Å². The smallest absolute Gasteiger partial charge is 0.254 e. The van der Waals surface area contributed by atoms with Crippen LogP contribution < -0.4 is 15.4 Å². The van der Waals surface area contributed by atoms with Gasteiger partial charge in [0, 0.05) is 30.4 Å². The van der Waals surface area contributed by atoms with Crippen molar-refractivity contribution in [1.82, 2.24) is 10.2 Å². The van der Waals surface area contributed by atoms with E-state index in [9.17, 15) is 9.59 Å². The SMILES string of the molecule is CCOc1ccc(/C=C/C(=O)NC(=S)Nc2ccc(C(=O)N3CCOCC3)cc2)cc1. The van der Waals surface area contributed by atoms with Crippen molar-refractivity contribution >= 4 is 40.9 Å². The number of ether oxygens (including phenoxy) is 2. The summed E-state index contributed by atoms with van der Waals surface area (Å²) in [5.74, 6) is 0.419. The van der Waals surface area contributed by atoms with Crippen molar-refractivity contribution < 1.29 is 19.1 Å². The third-order valence-corrected chi connectivity index (χ3v) is 4.75. The number of benzene rings is 2. The van der Waals surface area contributed by atoms with Crippen LogP contribution in [-0.4, -0.2) is 54.7 Å². The second kappa shape index (κ2) is 11.2. The van der Waals surface area contributed by atoms with Crippen molar-refractivity contribution in [2.75, 3.05) is 38.2 Å². The molecule has 0 aromatic heterocycles. The van der Waals surface area contributed by atoms with Gasteiger partial charge in [0.25, 0.3) is 5.91 Å². The Balaban J connectivity index is 1.48. The maximum absolute atomic E-state index is 12.5. The standard InChI is InChI=1S/C23H25N3O4S/c1-2-30-20-10-3-17(4-11-20)5-12-21(27)25-23(31)24-19-8-6-18(7-9-19)22(28)26-13-15-29-16-14-26/h3-12H,2,13-16H2,1H3,(H2,24,25,27,31)/b12-5+. The number of rotatable bonds is 6. The normalized spacial score (nSPS) is 13.6. The number of carbonyl (C=O) groups excluding carboxylic acids is 2. The molecular weight excluding hydrogens is 414 g/mol. The number of nitrogens with one attached hydrogen (secondary N) is 2. The van der Waals surface area contributed by atoms with Gasteiger partial charge >= 0.3 is 0 Å². The highest BCUT2D eigenvalue weighted by Gasteiger charge is 2.18. The summed E-state index contributed by atoms with van der Waals surface area (Å²) in [5, 5.41) is 5.72. The molecule has 1 saturated heterocycles. The summed E-state index contributed by atoms with van der Waals surface area (Å²) in [5.41, 5.74) is 2.15. The number of hydrogen-bond donors (Lipinski definition) is 2. The van der Waals surface area contributed by atoms with Crippen molar-refractivity contribution in [1.29, 1.82) is 0 Å². The zero-order valence-electron chi connectivity index (χ0n) is 17.3. The number of thiocarbonyl (C=S) groups is 1. The van der Waals surface area contributed by atoms with E-state index in [0.29, 0.717) is 44.2 Å². The fraction of sp³-hybridized carbons (Fsp3) is 0.261. The van der Waals surface area contributed by atoms with Gasteiger partial charge in [-0.15, -0.1) is 0 Å². The number of hydrogen-bond acceptors (Lipinski definition) is 5. The molecule has 2 amide bonds. The van der Waals surface area contributed by atoms with Crippen molar-refractivity contribution in [3.63, 3.8) is 0 Å². The summed E-state index contributed by atoms with van der Waals surface area (Å²) < 4.78 is 10.7. The molecule has 1 heterocycles. The van der Waals surface area contributed by atoms with E-state index >= 15 is 0 Å². The summed E-state index contributed by atoms with van der Waals surface area (Å²) in [6.07, 6.45) is 3.10. The fourth-order valence-electron chi connectivity index (χ4n) is 2.97. The molecule has 2 aromatic rings. The van der Waals surface area contributed by atoms with Crippen LogP contribution in [-0.2, 0) is 9.53 Å². The number of carbonyl (C=O) groups is 2. The van der Waals surface area contributed by atoms with Crippen LogP contribution in [0.2, 0.25) is 0 Å². The Bertz CT molecular complexity index is 936. The molecule has 2 N–H and O–H groups in total. The molecule has 0 unspecified atom stereocenters. The summed E-state index contributed by atoms with van der Waals surface area (Å²) in [7, 11) is 0.